The van der Waals surface area contributed by atoms with Crippen LogP contribution in [0.15, 0.2) is 48.8 Å². The smallest absolute Gasteiger partial charge is 0.132 e. The van der Waals surface area contributed by atoms with Gasteiger partial charge in [0.1, 0.15) is 23.9 Å². The van der Waals surface area contributed by atoms with Gasteiger partial charge in [-0.05, 0) is 42.8 Å². The Morgan fingerprint density at radius 2 is 1.94 bits per heavy atom. The molecule has 158 valence electrons. The maximum atomic E-state index is 13.9. The van der Waals surface area contributed by atoms with Crippen molar-refractivity contribution in [3.8, 4) is 28.7 Å². The lowest BCUT2D eigenvalue weighted by molar-refractivity contribution is 0.125. The van der Waals surface area contributed by atoms with Gasteiger partial charge in [0, 0.05) is 37.0 Å². The lowest BCUT2D eigenvalue weighted by Crippen LogP contribution is -2.45. The van der Waals surface area contributed by atoms with Gasteiger partial charge in [-0.3, -0.25) is 14.9 Å². The minimum Gasteiger partial charge on any atom is -0.496 e. The maximum Gasteiger partial charge on any atom is 0.132 e. The molecule has 1 saturated heterocycles. The molecular weight excluding hydrogens is 395 g/mol. The quantitative estimate of drug-likeness (QED) is 0.574. The highest BCUT2D eigenvalue weighted by molar-refractivity contribution is 5.72. The third kappa shape index (κ3) is 4.81. The van der Waals surface area contributed by atoms with Crippen LogP contribution in [0.5, 0.6) is 11.5 Å². The monoisotopic (exact) mass is 418 g/mol. The Balaban J connectivity index is 1.62. The number of nitriles is 1. The molecule has 1 fully saturated rings. The average molecular weight is 418 g/mol. The predicted octanol–water partition coefficient (Wildman–Crippen LogP) is 4.13. The molecule has 0 radical (unpaired) electrons. The summed E-state index contributed by atoms with van der Waals surface area (Å²) in [5.74, 6) is 1.07. The Bertz CT molecular complexity index is 1110. The van der Waals surface area contributed by atoms with Gasteiger partial charge in [0.2, 0.25) is 0 Å². The van der Waals surface area contributed by atoms with Crippen molar-refractivity contribution >= 4 is 0 Å². The standard InChI is InChI=1S/C24H23FN4O2/c1-16-10-28-21(11-27-16)15-31-23-5-3-18(22-8-20(25)4-6-24(22)30-2)7-19(23)14-29-12-17(9-26)13-29/h3-8,10-11,17H,12-15H2,1-2H3. The van der Waals surface area contributed by atoms with E-state index in [1.807, 2.05) is 25.1 Å². The van der Waals surface area contributed by atoms with Crippen LogP contribution in [-0.4, -0.2) is 35.1 Å². The second kappa shape index (κ2) is 9.11. The number of hydrogen-bond donors (Lipinski definition) is 0. The molecule has 0 amide bonds. The number of halogens is 1. The van der Waals surface area contributed by atoms with Gasteiger partial charge >= 0.3 is 0 Å². The van der Waals surface area contributed by atoms with Crippen LogP contribution >= 0.6 is 0 Å². The third-order valence-electron chi connectivity index (χ3n) is 5.28. The number of aromatic nitrogens is 2. The van der Waals surface area contributed by atoms with E-state index in [-0.39, 0.29) is 11.7 Å². The minimum absolute atomic E-state index is 0.0682. The van der Waals surface area contributed by atoms with Gasteiger partial charge in [-0.15, -0.1) is 0 Å². The topological polar surface area (TPSA) is 71.3 Å². The molecule has 1 aliphatic heterocycles. The van der Waals surface area contributed by atoms with Crippen LogP contribution in [0.4, 0.5) is 4.39 Å². The van der Waals surface area contributed by atoms with Gasteiger partial charge in [-0.25, -0.2) is 4.39 Å². The van der Waals surface area contributed by atoms with E-state index in [9.17, 15) is 4.39 Å². The first-order valence-corrected chi connectivity index (χ1v) is 10.0. The van der Waals surface area contributed by atoms with Crippen LogP contribution < -0.4 is 9.47 Å². The molecule has 0 aliphatic carbocycles. The van der Waals surface area contributed by atoms with Crippen molar-refractivity contribution in [2.45, 2.75) is 20.1 Å². The Hall–Kier alpha value is -3.50. The van der Waals surface area contributed by atoms with Crippen molar-refractivity contribution in [3.05, 3.63) is 71.6 Å². The highest BCUT2D eigenvalue weighted by Gasteiger charge is 2.27. The van der Waals surface area contributed by atoms with Gasteiger partial charge in [0.25, 0.3) is 0 Å². The molecule has 0 saturated carbocycles. The van der Waals surface area contributed by atoms with Crippen LogP contribution in [0.25, 0.3) is 11.1 Å². The molecule has 1 aliphatic rings. The number of likely N-dealkylation sites (tertiary alicyclic amines) is 1. The van der Waals surface area contributed by atoms with Crippen molar-refractivity contribution in [1.82, 2.24) is 14.9 Å². The molecule has 0 N–H and O–H groups in total. The largest absolute Gasteiger partial charge is 0.496 e. The fraction of sp³-hybridized carbons (Fsp3) is 0.292. The molecule has 2 heterocycles. The summed E-state index contributed by atoms with van der Waals surface area (Å²) in [5.41, 5.74) is 4.06. The van der Waals surface area contributed by atoms with E-state index in [1.165, 1.54) is 12.1 Å². The van der Waals surface area contributed by atoms with E-state index in [2.05, 4.69) is 20.9 Å². The van der Waals surface area contributed by atoms with Gasteiger partial charge in [0.15, 0.2) is 0 Å². The summed E-state index contributed by atoms with van der Waals surface area (Å²) in [6, 6.07) is 12.5. The fourth-order valence-electron chi connectivity index (χ4n) is 3.58. The van der Waals surface area contributed by atoms with Crippen LogP contribution in [-0.2, 0) is 13.2 Å². The molecule has 0 bridgehead atoms. The normalized spacial score (nSPS) is 14.0. The van der Waals surface area contributed by atoms with Crippen LogP contribution in [0.3, 0.4) is 0 Å². The third-order valence-corrected chi connectivity index (χ3v) is 5.28. The number of hydrogen-bond acceptors (Lipinski definition) is 6. The highest BCUT2D eigenvalue weighted by Crippen LogP contribution is 2.35. The Labute approximate surface area is 180 Å². The van der Waals surface area contributed by atoms with E-state index < -0.39 is 0 Å². The second-order valence-electron chi connectivity index (χ2n) is 7.63. The summed E-state index contributed by atoms with van der Waals surface area (Å²) in [7, 11) is 1.57. The molecular formula is C24H23FN4O2. The first-order valence-electron chi connectivity index (χ1n) is 10.0. The number of rotatable bonds is 7. The molecule has 4 rings (SSSR count). The highest BCUT2D eigenvalue weighted by atomic mass is 19.1. The molecule has 3 aromatic rings. The first-order chi connectivity index (χ1) is 15.1. The van der Waals surface area contributed by atoms with E-state index in [0.717, 1.165) is 41.4 Å². The summed E-state index contributed by atoms with van der Waals surface area (Å²) in [6.07, 6.45) is 3.41. The summed E-state index contributed by atoms with van der Waals surface area (Å²) >= 11 is 0. The second-order valence-corrected chi connectivity index (χ2v) is 7.63. The van der Waals surface area contributed by atoms with E-state index in [4.69, 9.17) is 14.7 Å². The summed E-state index contributed by atoms with van der Waals surface area (Å²) < 4.78 is 25.4. The molecule has 7 heteroatoms. The Morgan fingerprint density at radius 3 is 2.65 bits per heavy atom. The van der Waals surface area contributed by atoms with Crippen LogP contribution in [0.2, 0.25) is 0 Å². The Morgan fingerprint density at radius 1 is 1.13 bits per heavy atom. The molecule has 0 atom stereocenters. The first kappa shape index (κ1) is 20.8. The molecule has 0 unspecified atom stereocenters. The summed E-state index contributed by atoms with van der Waals surface area (Å²) in [4.78, 5) is 10.8. The maximum absolute atomic E-state index is 13.9. The zero-order valence-corrected chi connectivity index (χ0v) is 17.5. The van der Waals surface area contributed by atoms with Gasteiger partial charge < -0.3 is 9.47 Å². The van der Waals surface area contributed by atoms with Gasteiger partial charge in [0.05, 0.1) is 36.7 Å². The Kier molecular flexibility index (Phi) is 6.10. The summed E-state index contributed by atoms with van der Waals surface area (Å²) in [6.45, 7) is 4.28. The van der Waals surface area contributed by atoms with Crippen molar-refractivity contribution in [2.24, 2.45) is 5.92 Å². The number of methoxy groups -OCH3 is 1. The zero-order chi connectivity index (χ0) is 21.8. The molecule has 0 spiro atoms. The minimum atomic E-state index is -0.324. The van der Waals surface area contributed by atoms with Crippen molar-refractivity contribution < 1.29 is 13.9 Å². The van der Waals surface area contributed by atoms with Gasteiger partial charge in [-0.2, -0.15) is 5.26 Å². The van der Waals surface area contributed by atoms with Crippen molar-refractivity contribution in [1.29, 1.82) is 5.26 Å². The van der Waals surface area contributed by atoms with Crippen molar-refractivity contribution in [2.75, 3.05) is 20.2 Å². The zero-order valence-electron chi connectivity index (χ0n) is 17.5. The van der Waals surface area contributed by atoms with Crippen molar-refractivity contribution in [3.63, 3.8) is 0 Å². The number of benzene rings is 2. The van der Waals surface area contributed by atoms with Gasteiger partial charge in [-0.1, -0.05) is 6.07 Å². The number of ether oxygens (including phenoxy) is 2. The molecule has 1 aromatic heterocycles. The van der Waals surface area contributed by atoms with E-state index in [1.54, 1.807) is 25.6 Å². The molecule has 6 nitrogen and oxygen atoms in total. The average Bonchev–Trinajstić information content (AvgIpc) is 2.76. The summed E-state index contributed by atoms with van der Waals surface area (Å²) in [5, 5.41) is 9.07. The predicted molar refractivity (Wildman–Crippen MR) is 114 cm³/mol. The SMILES string of the molecule is COc1ccc(F)cc1-c1ccc(OCc2cnc(C)cn2)c(CN2CC(C#N)C2)c1. The van der Waals surface area contributed by atoms with E-state index >= 15 is 0 Å². The number of nitrogens with zero attached hydrogens (tertiary/aromatic N) is 4. The van der Waals surface area contributed by atoms with E-state index in [0.29, 0.717) is 24.5 Å². The lowest BCUT2D eigenvalue weighted by Gasteiger charge is -2.35. The molecule has 31 heavy (non-hydrogen) atoms. The molecule has 2 aromatic carbocycles. The van der Waals surface area contributed by atoms with Crippen LogP contribution in [0, 0.1) is 30.0 Å². The lowest BCUT2D eigenvalue weighted by atomic mass is 9.98. The number of aryl methyl sites for hydroxylation is 1. The van der Waals surface area contributed by atoms with Crippen LogP contribution in [0.1, 0.15) is 17.0 Å². The fourth-order valence-corrected chi connectivity index (χ4v) is 3.58.